The van der Waals surface area contributed by atoms with Gasteiger partial charge in [0, 0.05) is 25.7 Å². The number of carbonyl (C=O) groups excluding carboxylic acids is 1. The molecular weight excluding hydrogens is 310 g/mol. The van der Waals surface area contributed by atoms with Crippen molar-refractivity contribution in [3.63, 3.8) is 0 Å². The summed E-state index contributed by atoms with van der Waals surface area (Å²) in [6.45, 7) is 4.87. The third kappa shape index (κ3) is 4.73. The van der Waals surface area contributed by atoms with Crippen molar-refractivity contribution in [3.8, 4) is 0 Å². The number of carbonyl (C=O) groups is 1. The van der Waals surface area contributed by atoms with Gasteiger partial charge in [-0.05, 0) is 56.1 Å². The van der Waals surface area contributed by atoms with E-state index in [0.717, 1.165) is 32.5 Å². The van der Waals surface area contributed by atoms with Crippen molar-refractivity contribution in [2.24, 2.45) is 5.92 Å². The van der Waals surface area contributed by atoms with E-state index >= 15 is 0 Å². The van der Waals surface area contributed by atoms with E-state index in [1.165, 1.54) is 16.3 Å². The summed E-state index contributed by atoms with van der Waals surface area (Å²) < 4.78 is 0. The first-order valence-electron chi connectivity index (χ1n) is 9.19. The van der Waals surface area contributed by atoms with Gasteiger partial charge in [0.05, 0.1) is 0 Å². The van der Waals surface area contributed by atoms with Gasteiger partial charge in [-0.25, -0.2) is 4.79 Å². The molecule has 1 heterocycles. The number of hydrogen-bond donors (Lipinski definition) is 1. The van der Waals surface area contributed by atoms with Crippen molar-refractivity contribution in [1.82, 2.24) is 15.1 Å². The minimum atomic E-state index is 0.0783. The smallest absolute Gasteiger partial charge is 0.317 e. The van der Waals surface area contributed by atoms with Gasteiger partial charge in [0.1, 0.15) is 0 Å². The third-order valence-electron chi connectivity index (χ3n) is 4.92. The summed E-state index contributed by atoms with van der Waals surface area (Å²) >= 11 is 0. The summed E-state index contributed by atoms with van der Waals surface area (Å²) in [5.41, 5.74) is 1.26. The van der Waals surface area contributed by atoms with E-state index in [4.69, 9.17) is 0 Å². The van der Waals surface area contributed by atoms with E-state index in [0.29, 0.717) is 5.92 Å². The van der Waals surface area contributed by atoms with Gasteiger partial charge in [-0.1, -0.05) is 42.5 Å². The number of amides is 2. The monoisotopic (exact) mass is 339 g/mol. The molecule has 2 atom stereocenters. The fraction of sp³-hybridized carbons (Fsp3) is 0.476. The van der Waals surface area contributed by atoms with Crippen LogP contribution in [0.2, 0.25) is 0 Å². The summed E-state index contributed by atoms with van der Waals surface area (Å²) in [6.07, 6.45) is 1.95. The Morgan fingerprint density at radius 3 is 2.76 bits per heavy atom. The van der Waals surface area contributed by atoms with Crippen LogP contribution >= 0.6 is 0 Å². The Bertz CT molecular complexity index is 728. The van der Waals surface area contributed by atoms with Crippen LogP contribution < -0.4 is 5.32 Å². The standard InChI is InChI=1S/C21H29N3O/c1-16(12-17-8-9-19-6-4-5-7-20(19)13-17)22-21(25)24-11-10-18(15-24)14-23(2)3/h4-9,13,16,18H,10-12,14-15H2,1-3H3,(H,22,25)/t16-,18-/m1/s1. The van der Waals surface area contributed by atoms with Crippen LogP contribution in [0.4, 0.5) is 4.79 Å². The van der Waals surface area contributed by atoms with Crippen LogP contribution in [-0.2, 0) is 6.42 Å². The van der Waals surface area contributed by atoms with E-state index in [1.54, 1.807) is 0 Å². The highest BCUT2D eigenvalue weighted by Gasteiger charge is 2.27. The molecule has 2 amide bonds. The molecule has 0 spiro atoms. The molecular formula is C21H29N3O. The Hall–Kier alpha value is -2.07. The highest BCUT2D eigenvalue weighted by Crippen LogP contribution is 2.18. The molecule has 25 heavy (non-hydrogen) atoms. The van der Waals surface area contributed by atoms with Gasteiger partial charge in [-0.3, -0.25) is 0 Å². The molecule has 134 valence electrons. The molecule has 0 radical (unpaired) electrons. The molecule has 0 bridgehead atoms. The second kappa shape index (κ2) is 7.87. The summed E-state index contributed by atoms with van der Waals surface area (Å²) in [5.74, 6) is 0.594. The van der Waals surface area contributed by atoms with Crippen LogP contribution in [0, 0.1) is 5.92 Å². The molecule has 4 heteroatoms. The van der Waals surface area contributed by atoms with E-state index < -0.39 is 0 Å². The van der Waals surface area contributed by atoms with Crippen molar-refractivity contribution in [1.29, 1.82) is 0 Å². The Morgan fingerprint density at radius 1 is 1.24 bits per heavy atom. The van der Waals surface area contributed by atoms with Crippen LogP contribution in [0.15, 0.2) is 42.5 Å². The normalized spacial score (nSPS) is 18.7. The lowest BCUT2D eigenvalue weighted by molar-refractivity contribution is 0.202. The number of nitrogens with one attached hydrogen (secondary N) is 1. The molecule has 4 nitrogen and oxygen atoms in total. The molecule has 0 aliphatic carbocycles. The molecule has 0 unspecified atom stereocenters. The molecule has 0 saturated carbocycles. The number of hydrogen-bond acceptors (Lipinski definition) is 2. The number of urea groups is 1. The molecule has 1 saturated heterocycles. The predicted molar refractivity (Wildman–Crippen MR) is 104 cm³/mol. The Kier molecular flexibility index (Phi) is 5.59. The first kappa shape index (κ1) is 17.7. The van der Waals surface area contributed by atoms with Crippen molar-refractivity contribution in [2.45, 2.75) is 25.8 Å². The van der Waals surface area contributed by atoms with Crippen molar-refractivity contribution >= 4 is 16.8 Å². The highest BCUT2D eigenvalue weighted by molar-refractivity contribution is 5.83. The molecule has 3 rings (SSSR count). The SMILES string of the molecule is C[C@H](Cc1ccc2ccccc2c1)NC(=O)N1CC[C@H](CN(C)C)C1. The van der Waals surface area contributed by atoms with E-state index in [1.807, 2.05) is 4.90 Å². The Morgan fingerprint density at radius 2 is 2.00 bits per heavy atom. The van der Waals surface area contributed by atoms with E-state index in [-0.39, 0.29) is 12.1 Å². The largest absolute Gasteiger partial charge is 0.335 e. The molecule has 1 aliphatic heterocycles. The van der Waals surface area contributed by atoms with Gasteiger partial charge in [0.15, 0.2) is 0 Å². The molecule has 1 N–H and O–H groups in total. The van der Waals surface area contributed by atoms with Gasteiger partial charge < -0.3 is 15.1 Å². The second-order valence-corrected chi connectivity index (χ2v) is 7.60. The number of benzene rings is 2. The Balaban J connectivity index is 1.53. The summed E-state index contributed by atoms with van der Waals surface area (Å²) in [5, 5.41) is 5.68. The van der Waals surface area contributed by atoms with Gasteiger partial charge in [0.2, 0.25) is 0 Å². The first-order valence-corrected chi connectivity index (χ1v) is 9.19. The number of likely N-dealkylation sites (tertiary alicyclic amines) is 1. The lowest BCUT2D eigenvalue weighted by atomic mass is 10.0. The van der Waals surface area contributed by atoms with E-state index in [9.17, 15) is 4.79 Å². The van der Waals surface area contributed by atoms with Crippen LogP contribution in [0.5, 0.6) is 0 Å². The first-order chi connectivity index (χ1) is 12.0. The lowest BCUT2D eigenvalue weighted by Gasteiger charge is -2.22. The third-order valence-corrected chi connectivity index (χ3v) is 4.92. The molecule has 2 aromatic rings. The fourth-order valence-corrected chi connectivity index (χ4v) is 3.75. The zero-order valence-corrected chi connectivity index (χ0v) is 15.5. The van der Waals surface area contributed by atoms with Gasteiger partial charge in [-0.2, -0.15) is 0 Å². The number of fused-ring (bicyclic) bond motifs is 1. The van der Waals surface area contributed by atoms with Crippen LogP contribution in [0.1, 0.15) is 18.9 Å². The number of nitrogens with zero attached hydrogens (tertiary/aromatic N) is 2. The summed E-state index contributed by atoms with van der Waals surface area (Å²) in [7, 11) is 4.18. The fourth-order valence-electron chi connectivity index (χ4n) is 3.75. The minimum absolute atomic E-state index is 0.0783. The van der Waals surface area contributed by atoms with E-state index in [2.05, 4.69) is 73.7 Å². The van der Waals surface area contributed by atoms with Gasteiger partial charge in [-0.15, -0.1) is 0 Å². The van der Waals surface area contributed by atoms with Crippen molar-refractivity contribution in [3.05, 3.63) is 48.0 Å². The molecule has 1 aliphatic rings. The summed E-state index contributed by atoms with van der Waals surface area (Å²) in [4.78, 5) is 16.7. The predicted octanol–water partition coefficient (Wildman–Crippen LogP) is 3.36. The maximum Gasteiger partial charge on any atom is 0.317 e. The maximum absolute atomic E-state index is 12.5. The summed E-state index contributed by atoms with van der Waals surface area (Å²) in [6, 6.07) is 15.1. The highest BCUT2D eigenvalue weighted by atomic mass is 16.2. The van der Waals surface area contributed by atoms with Gasteiger partial charge >= 0.3 is 6.03 Å². The lowest BCUT2D eigenvalue weighted by Crippen LogP contribution is -2.43. The van der Waals surface area contributed by atoms with Gasteiger partial charge in [0.25, 0.3) is 0 Å². The zero-order chi connectivity index (χ0) is 17.8. The van der Waals surface area contributed by atoms with Crippen molar-refractivity contribution < 1.29 is 4.79 Å². The van der Waals surface area contributed by atoms with Crippen molar-refractivity contribution in [2.75, 3.05) is 33.7 Å². The second-order valence-electron chi connectivity index (χ2n) is 7.60. The average Bonchev–Trinajstić information content (AvgIpc) is 3.02. The van der Waals surface area contributed by atoms with Crippen LogP contribution in [0.25, 0.3) is 10.8 Å². The Labute approximate surface area is 150 Å². The minimum Gasteiger partial charge on any atom is -0.335 e. The van der Waals surface area contributed by atoms with Crippen LogP contribution in [-0.4, -0.2) is 55.6 Å². The molecule has 1 fully saturated rings. The topological polar surface area (TPSA) is 35.6 Å². The quantitative estimate of drug-likeness (QED) is 0.906. The average molecular weight is 339 g/mol. The molecule has 2 aromatic carbocycles. The molecule has 0 aromatic heterocycles. The number of rotatable bonds is 5. The van der Waals surface area contributed by atoms with Crippen LogP contribution in [0.3, 0.4) is 0 Å². The zero-order valence-electron chi connectivity index (χ0n) is 15.5. The maximum atomic E-state index is 12.5.